The van der Waals surface area contributed by atoms with Gasteiger partial charge in [-0.05, 0) is 63.2 Å². The number of nitrogens with two attached hydrogens (primary N) is 1. The topological polar surface area (TPSA) is 94.5 Å². The van der Waals surface area contributed by atoms with E-state index in [1.165, 1.54) is 34.0 Å². The summed E-state index contributed by atoms with van der Waals surface area (Å²) in [6, 6.07) is 16.3. The molecule has 3 atom stereocenters. The summed E-state index contributed by atoms with van der Waals surface area (Å²) in [7, 11) is 2.16. The van der Waals surface area contributed by atoms with Crippen LogP contribution >= 0.6 is 0 Å². The highest BCUT2D eigenvalue weighted by Crippen LogP contribution is 2.36. The second-order valence-electron chi connectivity index (χ2n) is 11.5. The molecule has 2 fully saturated rings. The summed E-state index contributed by atoms with van der Waals surface area (Å²) >= 11 is 0. The molecule has 0 aliphatic carbocycles. The molecular weight excluding hydrogens is 486 g/mol. The number of rotatable bonds is 6. The first-order valence-corrected chi connectivity index (χ1v) is 14.4. The minimum absolute atomic E-state index is 0.0530. The summed E-state index contributed by atoms with van der Waals surface area (Å²) in [6.07, 6.45) is 4.53. The Balaban J connectivity index is 1.34. The van der Waals surface area contributed by atoms with Gasteiger partial charge in [0.1, 0.15) is 12.4 Å². The predicted octanol–water partition coefficient (Wildman–Crippen LogP) is 4.04. The summed E-state index contributed by atoms with van der Waals surface area (Å²) < 4.78 is 6.30. The van der Waals surface area contributed by atoms with Crippen LogP contribution in [-0.2, 0) is 13.0 Å². The van der Waals surface area contributed by atoms with Gasteiger partial charge in [0.15, 0.2) is 0 Å². The lowest BCUT2D eigenvalue weighted by Gasteiger charge is -2.39. The maximum Gasteiger partial charge on any atom is 0.318 e. The third-order valence-electron chi connectivity index (χ3n) is 8.98. The first-order valence-electron chi connectivity index (χ1n) is 14.4. The van der Waals surface area contributed by atoms with Gasteiger partial charge in [-0.25, -0.2) is 0 Å². The van der Waals surface area contributed by atoms with E-state index in [1.807, 2.05) is 0 Å². The Hall–Kier alpha value is -3.41. The average molecular weight is 526 g/mol. The number of benzene rings is 2. The number of fused-ring (bicyclic) bond motifs is 2. The smallest absolute Gasteiger partial charge is 0.318 e. The number of aromatic nitrogens is 2. The predicted molar refractivity (Wildman–Crippen MR) is 155 cm³/mol. The van der Waals surface area contributed by atoms with Gasteiger partial charge < -0.3 is 25.2 Å². The number of nitriles is 1. The molecule has 2 N–H and O–H groups in total. The van der Waals surface area contributed by atoms with Gasteiger partial charge in [-0.3, -0.25) is 0 Å². The van der Waals surface area contributed by atoms with Crippen LogP contribution in [0.4, 0.5) is 11.5 Å². The summed E-state index contributed by atoms with van der Waals surface area (Å²) in [4.78, 5) is 17.2. The highest BCUT2D eigenvalue weighted by molar-refractivity contribution is 5.97. The van der Waals surface area contributed by atoms with Crippen LogP contribution in [0, 0.1) is 24.2 Å². The van der Waals surface area contributed by atoms with E-state index >= 15 is 0 Å². The zero-order valence-electron chi connectivity index (χ0n) is 23.1. The van der Waals surface area contributed by atoms with Crippen molar-refractivity contribution in [3.63, 3.8) is 0 Å². The van der Waals surface area contributed by atoms with E-state index in [9.17, 15) is 5.26 Å². The molecule has 1 unspecified atom stereocenters. The molecule has 1 aromatic heterocycles. The Morgan fingerprint density at radius 3 is 2.72 bits per heavy atom. The number of likely N-dealkylation sites (tertiary alicyclic amines) is 1. The Kier molecular flexibility index (Phi) is 7.28. The molecule has 3 aliphatic heterocycles. The van der Waals surface area contributed by atoms with Crippen LogP contribution in [0.3, 0.4) is 0 Å². The zero-order valence-corrected chi connectivity index (χ0v) is 23.1. The molecule has 3 aromatic rings. The van der Waals surface area contributed by atoms with Crippen LogP contribution in [-0.4, -0.2) is 66.8 Å². The van der Waals surface area contributed by atoms with Crippen molar-refractivity contribution in [2.24, 2.45) is 11.7 Å². The molecule has 39 heavy (non-hydrogen) atoms. The lowest BCUT2D eigenvalue weighted by Crippen LogP contribution is -2.48. The highest BCUT2D eigenvalue weighted by Gasteiger charge is 2.32. The molecule has 8 nitrogen and oxygen atoms in total. The molecule has 0 radical (unpaired) electrons. The molecule has 0 amide bonds. The standard InChI is InChI=1S/C31H39N7O/c1-21-6-3-7-22-8-4-10-28(29(21)22)37-16-12-25-27(19-37)34-31(39-20-24-9-5-15-36(24)2)35-30(25)38-17-13-26(33)23(18-38)11-14-32/h3-4,6-8,10,23-24,26H,5,9,11-13,15-20,33H2,1-2H3/t23-,24?,26+/m0/s1. The lowest BCUT2D eigenvalue weighted by molar-refractivity contribution is 0.187. The molecule has 8 heteroatoms. The van der Waals surface area contributed by atoms with Gasteiger partial charge in [-0.1, -0.05) is 30.3 Å². The molecule has 3 aliphatic rings. The van der Waals surface area contributed by atoms with Crippen LogP contribution in [0.25, 0.3) is 10.8 Å². The van der Waals surface area contributed by atoms with E-state index in [1.54, 1.807) is 0 Å². The van der Waals surface area contributed by atoms with E-state index in [0.717, 1.165) is 57.0 Å². The van der Waals surface area contributed by atoms with E-state index in [2.05, 4.69) is 71.1 Å². The van der Waals surface area contributed by atoms with Gasteiger partial charge in [0.2, 0.25) is 0 Å². The molecule has 2 aromatic carbocycles. The quantitative estimate of drug-likeness (QED) is 0.515. The third kappa shape index (κ3) is 5.13. The number of piperidine rings is 1. The Bertz CT molecular complexity index is 1380. The van der Waals surface area contributed by atoms with Crippen molar-refractivity contribution < 1.29 is 4.74 Å². The summed E-state index contributed by atoms with van der Waals surface area (Å²) in [6.45, 7) is 7.10. The van der Waals surface area contributed by atoms with E-state index < -0.39 is 0 Å². The third-order valence-corrected chi connectivity index (χ3v) is 8.98. The first-order chi connectivity index (χ1) is 19.0. The second-order valence-corrected chi connectivity index (χ2v) is 11.5. The molecule has 204 valence electrons. The van der Waals surface area contributed by atoms with Gasteiger partial charge in [-0.2, -0.15) is 15.2 Å². The number of ether oxygens (including phenoxy) is 1. The first kappa shape index (κ1) is 25.8. The van der Waals surface area contributed by atoms with Crippen molar-refractivity contribution in [2.45, 2.75) is 57.7 Å². The molecular formula is C31H39N7O. The zero-order chi connectivity index (χ0) is 26.9. The van der Waals surface area contributed by atoms with Crippen molar-refractivity contribution in [1.82, 2.24) is 14.9 Å². The van der Waals surface area contributed by atoms with Crippen molar-refractivity contribution >= 4 is 22.3 Å². The minimum Gasteiger partial charge on any atom is -0.462 e. The molecule has 4 heterocycles. The summed E-state index contributed by atoms with van der Waals surface area (Å²) in [5.41, 5.74) is 11.2. The van der Waals surface area contributed by atoms with Crippen molar-refractivity contribution in [3.8, 4) is 12.1 Å². The van der Waals surface area contributed by atoms with Crippen molar-refractivity contribution in [3.05, 3.63) is 53.2 Å². The van der Waals surface area contributed by atoms with E-state index in [4.69, 9.17) is 20.4 Å². The number of aryl methyl sites for hydroxylation is 1. The molecule has 0 saturated carbocycles. The Labute approximate surface area is 231 Å². The highest BCUT2D eigenvalue weighted by atomic mass is 16.5. The minimum atomic E-state index is 0.0530. The van der Waals surface area contributed by atoms with Crippen molar-refractivity contribution in [1.29, 1.82) is 5.26 Å². The molecule has 0 spiro atoms. The average Bonchev–Trinajstić information content (AvgIpc) is 3.36. The van der Waals surface area contributed by atoms with E-state index in [-0.39, 0.29) is 12.0 Å². The monoisotopic (exact) mass is 525 g/mol. The van der Waals surface area contributed by atoms with E-state index in [0.29, 0.717) is 31.6 Å². The fourth-order valence-corrected chi connectivity index (χ4v) is 6.63. The van der Waals surface area contributed by atoms with Crippen LogP contribution in [0.2, 0.25) is 0 Å². The maximum absolute atomic E-state index is 9.38. The summed E-state index contributed by atoms with van der Waals surface area (Å²) in [5, 5.41) is 11.9. The number of likely N-dealkylation sites (N-methyl/N-ethyl adjacent to an activating group) is 1. The number of nitrogens with zero attached hydrogens (tertiary/aromatic N) is 6. The van der Waals surface area contributed by atoms with Gasteiger partial charge >= 0.3 is 6.01 Å². The normalized spacial score (nSPS) is 23.6. The van der Waals surface area contributed by atoms with Gasteiger partial charge in [0, 0.05) is 60.7 Å². The number of anilines is 2. The van der Waals surface area contributed by atoms with Crippen LogP contribution in [0.1, 0.15) is 42.5 Å². The Morgan fingerprint density at radius 2 is 1.92 bits per heavy atom. The van der Waals surface area contributed by atoms with Crippen LogP contribution < -0.4 is 20.3 Å². The fraction of sp³-hybridized carbons (Fsp3) is 0.516. The molecule has 6 rings (SSSR count). The lowest BCUT2D eigenvalue weighted by atomic mass is 9.90. The SMILES string of the molecule is Cc1cccc2cccc(N3CCc4c(nc(OCC5CCCN5C)nc4N4CC[C@@H](N)[C@@H](CC#N)C4)C3)c12. The number of hydrogen-bond donors (Lipinski definition) is 1. The van der Waals surface area contributed by atoms with Crippen molar-refractivity contribution in [2.75, 3.05) is 49.6 Å². The summed E-state index contributed by atoms with van der Waals surface area (Å²) in [5.74, 6) is 1.11. The molecule has 0 bridgehead atoms. The van der Waals surface area contributed by atoms with Crippen LogP contribution in [0.15, 0.2) is 36.4 Å². The van der Waals surface area contributed by atoms with Gasteiger partial charge in [0.05, 0.1) is 18.3 Å². The maximum atomic E-state index is 9.38. The Morgan fingerprint density at radius 1 is 1.08 bits per heavy atom. The van der Waals surface area contributed by atoms with Gasteiger partial charge in [-0.15, -0.1) is 0 Å². The van der Waals surface area contributed by atoms with Gasteiger partial charge in [0.25, 0.3) is 0 Å². The number of hydrogen-bond acceptors (Lipinski definition) is 8. The second kappa shape index (κ2) is 11.0. The fourth-order valence-electron chi connectivity index (χ4n) is 6.63. The largest absolute Gasteiger partial charge is 0.462 e. The van der Waals surface area contributed by atoms with Crippen LogP contribution in [0.5, 0.6) is 6.01 Å². The molecule has 2 saturated heterocycles.